The van der Waals surface area contributed by atoms with E-state index in [0.29, 0.717) is 26.3 Å². The van der Waals surface area contributed by atoms with E-state index in [9.17, 15) is 14.4 Å². The highest BCUT2D eigenvalue weighted by molar-refractivity contribution is 5.82. The standard InChI is InChI=1S/C10H17N3O6/c14-8(15)2-1-7(9(16)17)11-10(18)12-13-3-5-19-6-4-13/h7H,1-6H2,(H,14,15)(H,16,17)(H2,11,12,18)/t7-/m0/s1. The van der Waals surface area contributed by atoms with Crippen LogP contribution in [0.15, 0.2) is 0 Å². The molecule has 2 amide bonds. The number of carbonyl (C=O) groups excluding carboxylic acids is 1. The monoisotopic (exact) mass is 275 g/mol. The predicted octanol–water partition coefficient (Wildman–Crippen LogP) is -1.15. The maximum Gasteiger partial charge on any atom is 0.330 e. The number of aliphatic carboxylic acids is 2. The molecule has 1 atom stereocenters. The van der Waals surface area contributed by atoms with Gasteiger partial charge in [0.25, 0.3) is 0 Å². The molecule has 0 radical (unpaired) electrons. The number of carboxylic acids is 2. The summed E-state index contributed by atoms with van der Waals surface area (Å²) >= 11 is 0. The molecule has 0 spiro atoms. The number of urea groups is 1. The first kappa shape index (κ1) is 15.2. The number of morpholine rings is 1. The fraction of sp³-hybridized carbons (Fsp3) is 0.700. The van der Waals surface area contributed by atoms with Crippen molar-refractivity contribution in [1.82, 2.24) is 15.8 Å². The number of nitrogens with one attached hydrogen (secondary N) is 2. The average molecular weight is 275 g/mol. The zero-order chi connectivity index (χ0) is 14.3. The quantitative estimate of drug-likeness (QED) is 0.482. The first-order chi connectivity index (χ1) is 8.99. The third kappa shape index (κ3) is 6.02. The highest BCUT2D eigenvalue weighted by Crippen LogP contribution is 1.98. The van der Waals surface area contributed by atoms with Crippen molar-refractivity contribution < 1.29 is 29.3 Å². The van der Waals surface area contributed by atoms with Crippen molar-refractivity contribution in [3.63, 3.8) is 0 Å². The topological polar surface area (TPSA) is 128 Å². The normalized spacial score (nSPS) is 17.5. The molecule has 1 aliphatic heterocycles. The van der Waals surface area contributed by atoms with Crippen LogP contribution < -0.4 is 10.7 Å². The van der Waals surface area contributed by atoms with E-state index in [0.717, 1.165) is 0 Å². The zero-order valence-electron chi connectivity index (χ0n) is 10.3. The van der Waals surface area contributed by atoms with Crippen LogP contribution in [0.4, 0.5) is 4.79 Å². The number of amides is 2. The van der Waals surface area contributed by atoms with Crippen molar-refractivity contribution in [2.45, 2.75) is 18.9 Å². The van der Waals surface area contributed by atoms with Gasteiger partial charge in [0.15, 0.2) is 0 Å². The van der Waals surface area contributed by atoms with Gasteiger partial charge in [-0.25, -0.2) is 14.6 Å². The molecule has 0 bridgehead atoms. The number of carboxylic acid groups (broad SMARTS) is 2. The lowest BCUT2D eigenvalue weighted by molar-refractivity contribution is -0.140. The van der Waals surface area contributed by atoms with Crippen LogP contribution in [-0.2, 0) is 14.3 Å². The molecule has 0 unspecified atom stereocenters. The largest absolute Gasteiger partial charge is 0.481 e. The number of rotatable bonds is 6. The van der Waals surface area contributed by atoms with Crippen LogP contribution in [0.3, 0.4) is 0 Å². The molecule has 0 aromatic carbocycles. The van der Waals surface area contributed by atoms with Crippen molar-refractivity contribution in [3.05, 3.63) is 0 Å². The lowest BCUT2D eigenvalue weighted by atomic mass is 10.1. The fourth-order valence-electron chi connectivity index (χ4n) is 1.53. The minimum atomic E-state index is -1.27. The summed E-state index contributed by atoms with van der Waals surface area (Å²) in [6.45, 7) is 2.00. The Morgan fingerprint density at radius 1 is 1.21 bits per heavy atom. The molecule has 1 fully saturated rings. The third-order valence-corrected chi connectivity index (χ3v) is 2.52. The van der Waals surface area contributed by atoms with Crippen LogP contribution in [0.5, 0.6) is 0 Å². The summed E-state index contributed by atoms with van der Waals surface area (Å²) in [7, 11) is 0. The number of ether oxygens (including phenoxy) is 1. The second kappa shape index (κ2) is 7.54. The highest BCUT2D eigenvalue weighted by Gasteiger charge is 2.22. The summed E-state index contributed by atoms with van der Waals surface area (Å²) in [6.07, 6.45) is -0.490. The second-order valence-corrected chi connectivity index (χ2v) is 4.01. The number of hydrogen-bond donors (Lipinski definition) is 4. The van der Waals surface area contributed by atoms with Crippen molar-refractivity contribution >= 4 is 18.0 Å². The van der Waals surface area contributed by atoms with Gasteiger partial charge in [0.05, 0.1) is 13.2 Å². The van der Waals surface area contributed by atoms with Crippen LogP contribution in [0.1, 0.15) is 12.8 Å². The van der Waals surface area contributed by atoms with Gasteiger partial charge < -0.3 is 20.3 Å². The maximum absolute atomic E-state index is 11.6. The summed E-state index contributed by atoms with van der Waals surface area (Å²) in [5.74, 6) is -2.37. The second-order valence-electron chi connectivity index (χ2n) is 4.01. The summed E-state index contributed by atoms with van der Waals surface area (Å²) in [5, 5.41) is 21.2. The Hall–Kier alpha value is -1.87. The lowest BCUT2D eigenvalue weighted by Gasteiger charge is -2.27. The molecule has 0 saturated carbocycles. The van der Waals surface area contributed by atoms with Gasteiger partial charge in [-0.1, -0.05) is 0 Å². The lowest BCUT2D eigenvalue weighted by Crippen LogP contribution is -2.54. The molecule has 19 heavy (non-hydrogen) atoms. The molecule has 9 nitrogen and oxygen atoms in total. The minimum absolute atomic E-state index is 0.165. The van der Waals surface area contributed by atoms with Gasteiger partial charge >= 0.3 is 18.0 Å². The molecule has 0 aliphatic carbocycles. The first-order valence-corrected chi connectivity index (χ1v) is 5.83. The molecule has 1 heterocycles. The van der Waals surface area contributed by atoms with Gasteiger partial charge in [-0.05, 0) is 6.42 Å². The van der Waals surface area contributed by atoms with Gasteiger partial charge in [0.2, 0.25) is 0 Å². The van der Waals surface area contributed by atoms with E-state index >= 15 is 0 Å². The van der Waals surface area contributed by atoms with Crippen LogP contribution >= 0.6 is 0 Å². The van der Waals surface area contributed by atoms with Crippen molar-refractivity contribution in [1.29, 1.82) is 0 Å². The van der Waals surface area contributed by atoms with E-state index in [1.165, 1.54) is 0 Å². The Kier molecular flexibility index (Phi) is 6.03. The van der Waals surface area contributed by atoms with Crippen molar-refractivity contribution in [2.75, 3.05) is 26.3 Å². The van der Waals surface area contributed by atoms with Crippen LogP contribution in [-0.4, -0.2) is 65.5 Å². The van der Waals surface area contributed by atoms with E-state index in [1.54, 1.807) is 5.01 Å². The van der Waals surface area contributed by atoms with Crippen molar-refractivity contribution in [3.8, 4) is 0 Å². The summed E-state index contributed by atoms with van der Waals surface area (Å²) in [6, 6.07) is -1.89. The maximum atomic E-state index is 11.6. The van der Waals surface area contributed by atoms with Gasteiger partial charge in [0, 0.05) is 19.5 Å². The number of nitrogens with zero attached hydrogens (tertiary/aromatic N) is 1. The summed E-state index contributed by atoms with van der Waals surface area (Å²) < 4.78 is 5.09. The molecular formula is C10H17N3O6. The Morgan fingerprint density at radius 2 is 1.84 bits per heavy atom. The molecule has 1 rings (SSSR count). The first-order valence-electron chi connectivity index (χ1n) is 5.83. The Morgan fingerprint density at radius 3 is 2.37 bits per heavy atom. The van der Waals surface area contributed by atoms with E-state index < -0.39 is 24.0 Å². The molecule has 0 aromatic rings. The average Bonchev–Trinajstić information content (AvgIpc) is 2.35. The predicted molar refractivity (Wildman–Crippen MR) is 62.4 cm³/mol. The van der Waals surface area contributed by atoms with Crippen molar-refractivity contribution in [2.24, 2.45) is 0 Å². The van der Waals surface area contributed by atoms with Crippen LogP contribution in [0, 0.1) is 0 Å². The summed E-state index contributed by atoms with van der Waals surface area (Å²) in [4.78, 5) is 32.8. The third-order valence-electron chi connectivity index (χ3n) is 2.52. The molecule has 1 aliphatic rings. The van der Waals surface area contributed by atoms with Crippen LogP contribution in [0.2, 0.25) is 0 Å². The minimum Gasteiger partial charge on any atom is -0.481 e. The van der Waals surface area contributed by atoms with E-state index in [1.807, 2.05) is 0 Å². The van der Waals surface area contributed by atoms with Gasteiger partial charge in [-0.15, -0.1) is 0 Å². The molecular weight excluding hydrogens is 258 g/mol. The van der Waals surface area contributed by atoms with Crippen LogP contribution in [0.25, 0.3) is 0 Å². The number of hydrazine groups is 1. The molecule has 108 valence electrons. The Bertz CT molecular complexity index is 342. The van der Waals surface area contributed by atoms with Gasteiger partial charge in [-0.2, -0.15) is 0 Å². The number of hydrogen-bond acceptors (Lipinski definition) is 5. The van der Waals surface area contributed by atoms with Gasteiger partial charge in [-0.3, -0.25) is 10.2 Å². The Labute approximate surface area is 109 Å². The van der Waals surface area contributed by atoms with Gasteiger partial charge in [0.1, 0.15) is 6.04 Å². The van der Waals surface area contributed by atoms with E-state index in [2.05, 4.69) is 10.7 Å². The summed E-state index contributed by atoms with van der Waals surface area (Å²) in [5.41, 5.74) is 2.48. The SMILES string of the molecule is O=C(O)CC[C@H](NC(=O)NN1CCOCC1)C(=O)O. The molecule has 0 aromatic heterocycles. The molecule has 9 heteroatoms. The molecule has 1 saturated heterocycles. The number of carbonyl (C=O) groups is 3. The zero-order valence-corrected chi connectivity index (χ0v) is 10.3. The highest BCUT2D eigenvalue weighted by atomic mass is 16.5. The Balaban J connectivity index is 2.37. The van der Waals surface area contributed by atoms with E-state index in [4.69, 9.17) is 14.9 Å². The smallest absolute Gasteiger partial charge is 0.330 e. The van der Waals surface area contributed by atoms with E-state index in [-0.39, 0.29) is 12.8 Å². The fourth-order valence-corrected chi connectivity index (χ4v) is 1.53. The molecule has 4 N–H and O–H groups in total.